The smallest absolute Gasteiger partial charge is 0.274 e. The average molecular weight is 381 g/mol. The third kappa shape index (κ3) is 3.04. The number of nitrogens with zero attached hydrogens (tertiary/aromatic N) is 2. The van der Waals surface area contributed by atoms with Crippen LogP contribution in [0.2, 0.25) is 0 Å². The number of fused-ring (bicyclic) bond motifs is 2. The van der Waals surface area contributed by atoms with E-state index in [1.54, 1.807) is 12.4 Å². The lowest BCUT2D eigenvalue weighted by Gasteiger charge is -2.11. The molecule has 142 valence electrons. The third-order valence-electron chi connectivity index (χ3n) is 5.18. The second-order valence-corrected chi connectivity index (χ2v) is 6.96. The van der Waals surface area contributed by atoms with Crippen LogP contribution in [0.3, 0.4) is 0 Å². The number of aryl methyl sites for hydroxylation is 1. The summed E-state index contributed by atoms with van der Waals surface area (Å²) >= 11 is 0. The lowest BCUT2D eigenvalue weighted by atomic mass is 9.99. The second-order valence-electron chi connectivity index (χ2n) is 6.96. The van der Waals surface area contributed by atoms with Crippen LogP contribution in [0, 0.1) is 0 Å². The van der Waals surface area contributed by atoms with Gasteiger partial charge in [0.25, 0.3) is 5.91 Å². The Bertz CT molecular complexity index is 1350. The molecule has 3 heterocycles. The third-order valence-corrected chi connectivity index (χ3v) is 5.18. The van der Waals surface area contributed by atoms with Crippen molar-refractivity contribution in [3.8, 4) is 11.1 Å². The van der Waals surface area contributed by atoms with Crippen molar-refractivity contribution in [2.45, 2.75) is 13.3 Å². The predicted octanol–water partition coefficient (Wildman–Crippen LogP) is 4.92. The van der Waals surface area contributed by atoms with E-state index in [1.165, 1.54) is 0 Å². The average Bonchev–Trinajstić information content (AvgIpc) is 3.42. The Balaban J connectivity index is 1.59. The molecule has 0 bridgehead atoms. The number of carbonyl (C=O) groups is 1. The Hall–Kier alpha value is -3.93. The van der Waals surface area contributed by atoms with Gasteiger partial charge in [0.1, 0.15) is 5.69 Å². The number of hydrogen-bond donors (Lipinski definition) is 3. The minimum absolute atomic E-state index is 0.236. The van der Waals surface area contributed by atoms with Crippen LogP contribution >= 0.6 is 0 Å². The summed E-state index contributed by atoms with van der Waals surface area (Å²) in [6.07, 6.45) is 6.18. The van der Waals surface area contributed by atoms with Crippen LogP contribution < -0.4 is 5.32 Å². The fraction of sp³-hybridized carbons (Fsp3) is 0.0870. The summed E-state index contributed by atoms with van der Waals surface area (Å²) in [5.74, 6) is -0.236. The van der Waals surface area contributed by atoms with E-state index in [9.17, 15) is 4.79 Å². The van der Waals surface area contributed by atoms with Crippen LogP contribution in [0.5, 0.6) is 0 Å². The lowest BCUT2D eigenvalue weighted by molar-refractivity contribution is 0.102. The molecule has 5 rings (SSSR count). The van der Waals surface area contributed by atoms with Crippen molar-refractivity contribution in [3.05, 3.63) is 78.4 Å². The second kappa shape index (κ2) is 6.91. The van der Waals surface area contributed by atoms with Crippen molar-refractivity contribution in [1.82, 2.24) is 20.2 Å². The molecule has 0 saturated heterocycles. The molecule has 0 aliphatic heterocycles. The van der Waals surface area contributed by atoms with E-state index in [-0.39, 0.29) is 5.91 Å². The molecular weight excluding hydrogens is 362 g/mol. The summed E-state index contributed by atoms with van der Waals surface area (Å²) < 4.78 is 0. The first-order valence-electron chi connectivity index (χ1n) is 9.53. The zero-order valence-electron chi connectivity index (χ0n) is 15.9. The van der Waals surface area contributed by atoms with Gasteiger partial charge in [-0.25, -0.2) is 0 Å². The summed E-state index contributed by atoms with van der Waals surface area (Å²) in [6, 6.07) is 16.0. The van der Waals surface area contributed by atoms with E-state index >= 15 is 0 Å². The van der Waals surface area contributed by atoms with Crippen molar-refractivity contribution < 1.29 is 4.79 Å². The number of hydrogen-bond acceptors (Lipinski definition) is 3. The van der Waals surface area contributed by atoms with Gasteiger partial charge < -0.3 is 10.3 Å². The molecular formula is C23H19N5O. The van der Waals surface area contributed by atoms with E-state index < -0.39 is 0 Å². The number of aromatic nitrogens is 4. The number of anilines is 1. The molecule has 0 aliphatic rings. The Labute approximate surface area is 167 Å². The van der Waals surface area contributed by atoms with Gasteiger partial charge >= 0.3 is 0 Å². The molecule has 2 aromatic carbocycles. The topological polar surface area (TPSA) is 86.5 Å². The molecule has 3 aromatic heterocycles. The lowest BCUT2D eigenvalue weighted by Crippen LogP contribution is -2.14. The van der Waals surface area contributed by atoms with Gasteiger partial charge in [0.2, 0.25) is 0 Å². The van der Waals surface area contributed by atoms with E-state index in [2.05, 4.69) is 50.6 Å². The molecule has 0 saturated carbocycles. The summed E-state index contributed by atoms with van der Waals surface area (Å²) in [5, 5.41) is 12.2. The number of H-pyrrole nitrogens is 2. The fourth-order valence-corrected chi connectivity index (χ4v) is 3.65. The minimum Gasteiger partial charge on any atom is -0.361 e. The molecule has 1 amide bonds. The molecule has 0 aliphatic carbocycles. The summed E-state index contributed by atoms with van der Waals surface area (Å²) in [6.45, 7) is 2.05. The molecule has 6 heteroatoms. The van der Waals surface area contributed by atoms with Crippen LogP contribution in [0.15, 0.2) is 67.1 Å². The van der Waals surface area contributed by atoms with Crippen LogP contribution in [0.25, 0.3) is 32.9 Å². The maximum Gasteiger partial charge on any atom is 0.274 e. The van der Waals surface area contributed by atoms with Gasteiger partial charge in [-0.05, 0) is 59.5 Å². The Kier molecular flexibility index (Phi) is 4.09. The van der Waals surface area contributed by atoms with Gasteiger partial charge in [0.05, 0.1) is 17.4 Å². The molecule has 0 fully saturated rings. The molecule has 5 aromatic rings. The SMILES string of the molecule is CCc1ccnc(C(=O)Nc2cc(-c3cccc4[nH]ccc34)cc3[nH]ncc23)c1. The number of pyridine rings is 1. The van der Waals surface area contributed by atoms with Gasteiger partial charge in [0, 0.05) is 28.7 Å². The van der Waals surface area contributed by atoms with Crippen molar-refractivity contribution in [2.75, 3.05) is 5.32 Å². The maximum absolute atomic E-state index is 12.9. The molecule has 0 spiro atoms. The number of nitrogens with one attached hydrogen (secondary N) is 3. The first kappa shape index (κ1) is 17.2. The summed E-state index contributed by atoms with van der Waals surface area (Å²) in [7, 11) is 0. The summed E-state index contributed by atoms with van der Waals surface area (Å²) in [4.78, 5) is 20.3. The van der Waals surface area contributed by atoms with E-state index in [0.29, 0.717) is 11.4 Å². The zero-order chi connectivity index (χ0) is 19.8. The molecule has 0 radical (unpaired) electrons. The quantitative estimate of drug-likeness (QED) is 0.413. The molecule has 0 unspecified atom stereocenters. The predicted molar refractivity (Wildman–Crippen MR) is 115 cm³/mol. The molecule has 6 nitrogen and oxygen atoms in total. The standard InChI is InChI=1S/C23H19N5O/c1-2-14-6-8-25-22(10-14)23(29)27-20-11-15(12-21-18(20)13-26-28-21)16-4-3-5-19-17(16)7-9-24-19/h3-13,24H,2H2,1H3,(H,26,28)(H,27,29). The monoisotopic (exact) mass is 381 g/mol. The van der Waals surface area contributed by atoms with E-state index in [0.717, 1.165) is 44.9 Å². The van der Waals surface area contributed by atoms with Crippen LogP contribution in [-0.4, -0.2) is 26.1 Å². The van der Waals surface area contributed by atoms with Crippen molar-refractivity contribution in [2.24, 2.45) is 0 Å². The Morgan fingerprint density at radius 1 is 1.07 bits per heavy atom. The van der Waals surface area contributed by atoms with Crippen molar-refractivity contribution in [3.63, 3.8) is 0 Å². The highest BCUT2D eigenvalue weighted by atomic mass is 16.1. The van der Waals surface area contributed by atoms with Gasteiger partial charge in [-0.3, -0.25) is 14.9 Å². The Morgan fingerprint density at radius 2 is 2.00 bits per heavy atom. The first-order chi connectivity index (χ1) is 14.2. The minimum atomic E-state index is -0.236. The van der Waals surface area contributed by atoms with Gasteiger partial charge in [0.15, 0.2) is 0 Å². The highest BCUT2D eigenvalue weighted by Gasteiger charge is 2.14. The number of benzene rings is 2. The fourth-order valence-electron chi connectivity index (χ4n) is 3.65. The van der Waals surface area contributed by atoms with Gasteiger partial charge in [-0.15, -0.1) is 0 Å². The molecule has 0 atom stereocenters. The number of amides is 1. The van der Waals surface area contributed by atoms with Gasteiger partial charge in [-0.1, -0.05) is 19.1 Å². The number of aromatic amines is 2. The molecule has 3 N–H and O–H groups in total. The van der Waals surface area contributed by atoms with Crippen LogP contribution in [0.1, 0.15) is 23.0 Å². The van der Waals surface area contributed by atoms with Crippen LogP contribution in [0.4, 0.5) is 5.69 Å². The molecule has 29 heavy (non-hydrogen) atoms. The van der Waals surface area contributed by atoms with Crippen molar-refractivity contribution in [1.29, 1.82) is 0 Å². The number of rotatable bonds is 4. The normalized spacial score (nSPS) is 11.2. The van der Waals surface area contributed by atoms with E-state index in [4.69, 9.17) is 0 Å². The summed E-state index contributed by atoms with van der Waals surface area (Å²) in [5.41, 5.74) is 6.19. The maximum atomic E-state index is 12.9. The van der Waals surface area contributed by atoms with Crippen LogP contribution in [-0.2, 0) is 6.42 Å². The highest BCUT2D eigenvalue weighted by molar-refractivity contribution is 6.09. The van der Waals surface area contributed by atoms with E-state index in [1.807, 2.05) is 36.5 Å². The largest absolute Gasteiger partial charge is 0.361 e. The number of carbonyl (C=O) groups excluding carboxylic acids is 1. The first-order valence-corrected chi connectivity index (χ1v) is 9.53. The highest BCUT2D eigenvalue weighted by Crippen LogP contribution is 2.34. The zero-order valence-corrected chi connectivity index (χ0v) is 15.9. The Morgan fingerprint density at radius 3 is 2.90 bits per heavy atom. The van der Waals surface area contributed by atoms with Gasteiger partial charge in [-0.2, -0.15) is 5.10 Å². The van der Waals surface area contributed by atoms with Crippen molar-refractivity contribution >= 4 is 33.4 Å².